The molecule has 1 aliphatic carbocycles. The van der Waals surface area contributed by atoms with E-state index in [0.717, 1.165) is 25.7 Å². The van der Waals surface area contributed by atoms with Gasteiger partial charge in [-0.05, 0) is 12.8 Å². The lowest BCUT2D eigenvalue weighted by Crippen LogP contribution is -2.68. The molecule has 2 fully saturated rings. The molecule has 1 saturated heterocycles. The van der Waals surface area contributed by atoms with Crippen LogP contribution >= 0.6 is 11.3 Å². The van der Waals surface area contributed by atoms with Crippen LogP contribution in [0.1, 0.15) is 47.4 Å². The lowest BCUT2D eigenvalue weighted by atomic mass is 9.91. The maximum absolute atomic E-state index is 12.9. The van der Waals surface area contributed by atoms with E-state index >= 15 is 0 Å². The minimum absolute atomic E-state index is 0.117. The molecule has 0 spiro atoms. The minimum Gasteiger partial charge on any atom is -0.439 e. The Hall–Kier alpha value is -4.34. The Kier molecular flexibility index (Phi) is 6.84. The van der Waals surface area contributed by atoms with Gasteiger partial charge in [0.15, 0.2) is 22.9 Å². The van der Waals surface area contributed by atoms with E-state index in [1.54, 1.807) is 10.5 Å². The summed E-state index contributed by atoms with van der Waals surface area (Å²) in [4.78, 5) is 32.3. The second kappa shape index (κ2) is 10.8. The minimum atomic E-state index is -0.667. The van der Waals surface area contributed by atoms with E-state index < -0.39 is 5.91 Å². The fraction of sp³-hybridized carbons (Fsp3) is 0.407. The van der Waals surface area contributed by atoms with Crippen molar-refractivity contribution in [1.82, 2.24) is 24.7 Å². The molecule has 6 heterocycles. The summed E-state index contributed by atoms with van der Waals surface area (Å²) < 4.78 is 19.5. The number of amides is 1. The maximum atomic E-state index is 12.9. The third-order valence-electron chi connectivity index (χ3n) is 7.93. The molecule has 1 saturated carbocycles. The first-order valence-electron chi connectivity index (χ1n) is 13.9. The van der Waals surface area contributed by atoms with Crippen LogP contribution in [0.25, 0.3) is 27.3 Å². The molecule has 0 aromatic carbocycles. The Labute approximate surface area is 242 Å². The van der Waals surface area contributed by atoms with Gasteiger partial charge >= 0.3 is 0 Å². The summed E-state index contributed by atoms with van der Waals surface area (Å²) in [6.07, 6.45) is 5.92. The molecule has 6 N–H and O–H groups in total. The molecule has 15 heteroatoms. The first-order valence-corrected chi connectivity index (χ1v) is 14.8. The average Bonchev–Trinajstić information content (AvgIpc) is 3.75. The number of carbonyl (C=O) groups excluding carboxylic acids is 1. The van der Waals surface area contributed by atoms with Gasteiger partial charge in [0.2, 0.25) is 11.4 Å². The SMILES string of the molecule is NC(=O)c1c(Cc2cc(-c3csc4c(=O)cc(N5CCOCC5)oc34)on2)nc(N[C@H]2CCCC[C@H]2[NH3+])n2cnnc12. The van der Waals surface area contributed by atoms with Gasteiger partial charge in [0.1, 0.15) is 22.6 Å². The molecule has 7 rings (SSSR count). The fourth-order valence-electron chi connectivity index (χ4n) is 5.71. The van der Waals surface area contributed by atoms with Gasteiger partial charge in [0.25, 0.3) is 5.91 Å². The second-order valence-corrected chi connectivity index (χ2v) is 11.5. The van der Waals surface area contributed by atoms with Crippen molar-refractivity contribution in [2.45, 2.75) is 44.2 Å². The summed E-state index contributed by atoms with van der Waals surface area (Å²) in [5.41, 5.74) is 12.5. The molecule has 218 valence electrons. The Balaban J connectivity index is 1.23. The van der Waals surface area contributed by atoms with Crippen molar-refractivity contribution >= 4 is 45.0 Å². The van der Waals surface area contributed by atoms with Crippen LogP contribution in [0, 0.1) is 0 Å². The molecule has 5 aromatic heterocycles. The summed E-state index contributed by atoms with van der Waals surface area (Å²) in [6.45, 7) is 2.41. The number of aromatic nitrogens is 5. The van der Waals surface area contributed by atoms with Gasteiger partial charge in [0, 0.05) is 43.4 Å². The van der Waals surface area contributed by atoms with E-state index in [1.165, 1.54) is 23.7 Å². The predicted molar refractivity (Wildman–Crippen MR) is 154 cm³/mol. The van der Waals surface area contributed by atoms with E-state index in [9.17, 15) is 9.59 Å². The molecule has 42 heavy (non-hydrogen) atoms. The number of nitrogens with one attached hydrogen (secondary N) is 1. The molecule has 5 aromatic rings. The quantitative estimate of drug-likeness (QED) is 0.247. The number of quaternary nitrogens is 1. The van der Waals surface area contributed by atoms with Crippen molar-refractivity contribution in [3.8, 4) is 11.3 Å². The largest absolute Gasteiger partial charge is 0.439 e. The van der Waals surface area contributed by atoms with Gasteiger partial charge in [0.05, 0.1) is 36.2 Å². The first kappa shape index (κ1) is 26.6. The zero-order chi connectivity index (χ0) is 28.8. The Morgan fingerprint density at radius 1 is 1.21 bits per heavy atom. The number of carbonyl (C=O) groups is 1. The lowest BCUT2D eigenvalue weighted by molar-refractivity contribution is -0.427. The summed E-state index contributed by atoms with van der Waals surface area (Å²) in [5.74, 6) is 0.776. The van der Waals surface area contributed by atoms with Crippen molar-refractivity contribution in [1.29, 1.82) is 0 Å². The van der Waals surface area contributed by atoms with Gasteiger partial charge in [-0.3, -0.25) is 14.0 Å². The number of nitrogens with zero attached hydrogens (tertiary/aromatic N) is 6. The molecule has 2 atom stereocenters. The molecule has 2 aliphatic rings. The average molecular weight is 593 g/mol. The highest BCUT2D eigenvalue weighted by molar-refractivity contribution is 7.17. The highest BCUT2D eigenvalue weighted by Crippen LogP contribution is 2.35. The fourth-order valence-corrected chi connectivity index (χ4v) is 6.60. The highest BCUT2D eigenvalue weighted by atomic mass is 32.1. The zero-order valence-corrected chi connectivity index (χ0v) is 23.6. The Morgan fingerprint density at radius 2 is 2.05 bits per heavy atom. The normalized spacial score (nSPS) is 19.5. The molecule has 0 radical (unpaired) electrons. The van der Waals surface area contributed by atoms with Crippen LogP contribution in [-0.4, -0.2) is 69.0 Å². The molecule has 0 unspecified atom stereocenters. The van der Waals surface area contributed by atoms with Crippen molar-refractivity contribution < 1.29 is 24.2 Å². The van der Waals surface area contributed by atoms with Crippen molar-refractivity contribution in [2.75, 3.05) is 36.5 Å². The Morgan fingerprint density at radius 3 is 2.86 bits per heavy atom. The molecule has 1 amide bonds. The van der Waals surface area contributed by atoms with Gasteiger partial charge < -0.3 is 35.4 Å². The summed E-state index contributed by atoms with van der Waals surface area (Å²) in [7, 11) is 0. The number of morpholine rings is 1. The number of thiophene rings is 1. The number of anilines is 2. The summed E-state index contributed by atoms with van der Waals surface area (Å²) in [5, 5.41) is 17.7. The second-order valence-electron chi connectivity index (χ2n) is 10.7. The topological polar surface area (TPSA) is 195 Å². The zero-order valence-electron chi connectivity index (χ0n) is 22.7. The van der Waals surface area contributed by atoms with Crippen LogP contribution < -0.4 is 27.1 Å². The maximum Gasteiger partial charge on any atom is 0.254 e. The van der Waals surface area contributed by atoms with Crippen molar-refractivity contribution in [3.05, 3.63) is 51.0 Å². The number of nitrogens with two attached hydrogens (primary N) is 1. The summed E-state index contributed by atoms with van der Waals surface area (Å²) >= 11 is 1.29. The number of rotatable bonds is 7. The molecule has 0 bridgehead atoms. The number of primary amides is 1. The monoisotopic (exact) mass is 592 g/mol. The molecular weight excluding hydrogens is 562 g/mol. The van der Waals surface area contributed by atoms with E-state index in [2.05, 4.69) is 26.4 Å². The van der Waals surface area contributed by atoms with Gasteiger partial charge in [-0.2, -0.15) is 0 Å². The number of fused-ring (bicyclic) bond motifs is 2. The predicted octanol–water partition coefficient (Wildman–Crippen LogP) is 1.44. The van der Waals surface area contributed by atoms with E-state index in [-0.39, 0.29) is 29.5 Å². The molecular formula is C27H30N9O5S+. The third kappa shape index (κ3) is 4.78. The number of hydrogen-bond donors (Lipinski definition) is 3. The van der Waals surface area contributed by atoms with Crippen LogP contribution in [0.3, 0.4) is 0 Å². The van der Waals surface area contributed by atoms with Gasteiger partial charge in [-0.15, -0.1) is 21.5 Å². The van der Waals surface area contributed by atoms with E-state index in [0.29, 0.717) is 76.8 Å². The van der Waals surface area contributed by atoms with Crippen LogP contribution in [-0.2, 0) is 11.2 Å². The smallest absolute Gasteiger partial charge is 0.254 e. The van der Waals surface area contributed by atoms with Crippen LogP contribution in [0.5, 0.6) is 0 Å². The Bertz CT molecular complexity index is 1840. The van der Waals surface area contributed by atoms with Gasteiger partial charge in [-0.1, -0.05) is 11.6 Å². The van der Waals surface area contributed by atoms with Crippen LogP contribution in [0.4, 0.5) is 11.8 Å². The van der Waals surface area contributed by atoms with Crippen molar-refractivity contribution in [2.24, 2.45) is 5.73 Å². The van der Waals surface area contributed by atoms with Gasteiger partial charge in [-0.25, -0.2) is 4.98 Å². The first-order chi connectivity index (χ1) is 20.5. The third-order valence-corrected chi connectivity index (χ3v) is 8.90. The van der Waals surface area contributed by atoms with Crippen molar-refractivity contribution in [3.63, 3.8) is 0 Å². The molecule has 1 aliphatic heterocycles. The summed E-state index contributed by atoms with van der Waals surface area (Å²) in [6, 6.07) is 3.64. The van der Waals surface area contributed by atoms with E-state index in [1.807, 2.05) is 10.3 Å². The molecule has 14 nitrogen and oxygen atoms in total. The van der Waals surface area contributed by atoms with E-state index in [4.69, 9.17) is 24.4 Å². The highest BCUT2D eigenvalue weighted by Gasteiger charge is 2.28. The number of ether oxygens (including phenoxy) is 1. The number of hydrogen-bond acceptors (Lipinski definition) is 12. The standard InChI is InChI=1S/C27H29N9O5S/c28-16-3-1-2-4-17(16)31-27-32-18(22(25(29)38)26-33-30-13-36(26)27)9-14-10-20(41-34-14)15-12-42-24-19(37)11-21(40-23(15)24)35-5-7-39-8-6-35/h10-13,16-17H,1-9,28H2,(H2,29,38)(H,31,32)/p+1/t16-,17+/m1/s1. The van der Waals surface area contributed by atoms with Crippen LogP contribution in [0.2, 0.25) is 0 Å². The van der Waals surface area contributed by atoms with Crippen LogP contribution in [0.15, 0.2) is 37.6 Å². The lowest BCUT2D eigenvalue weighted by Gasteiger charge is -2.27.